The number of benzene rings is 2. The fourth-order valence-electron chi connectivity index (χ4n) is 4.62. The maximum Gasteiger partial charge on any atom is 0.270 e. The molecule has 0 radical (unpaired) electrons. The van der Waals surface area contributed by atoms with Crippen LogP contribution in [0.4, 0.5) is 11.4 Å². The first-order valence-electron chi connectivity index (χ1n) is 12.7. The van der Waals surface area contributed by atoms with Crippen LogP contribution in [0.2, 0.25) is 0 Å². The number of non-ortho nitro benzene ring substituents is 2. The molecule has 204 valence electrons. The lowest BCUT2D eigenvalue weighted by molar-refractivity contribution is -0.385. The highest BCUT2D eigenvalue weighted by molar-refractivity contribution is 5.87. The summed E-state index contributed by atoms with van der Waals surface area (Å²) < 4.78 is 0. The average molecular weight is 525 g/mol. The van der Waals surface area contributed by atoms with Crippen LogP contribution in [0.3, 0.4) is 0 Å². The molecule has 0 amide bonds. The van der Waals surface area contributed by atoms with Crippen molar-refractivity contribution >= 4 is 23.8 Å². The van der Waals surface area contributed by atoms with Gasteiger partial charge in [-0.1, -0.05) is 54.4 Å². The Kier molecular flexibility index (Phi) is 8.24. The van der Waals surface area contributed by atoms with Gasteiger partial charge in [0, 0.05) is 58.9 Å². The number of nitrogens with zero attached hydrogens (tertiary/aromatic N) is 4. The Hall–Kier alpha value is -3.82. The van der Waals surface area contributed by atoms with Gasteiger partial charge in [-0.2, -0.15) is 0 Å². The summed E-state index contributed by atoms with van der Waals surface area (Å²) in [6.07, 6.45) is 6.26. The summed E-state index contributed by atoms with van der Waals surface area (Å²) >= 11 is 0. The monoisotopic (exact) mass is 524 g/mol. The van der Waals surface area contributed by atoms with Gasteiger partial charge in [-0.3, -0.25) is 30.2 Å². The second kappa shape index (κ2) is 10.9. The SMILES string of the molecule is CC(C)(C)c1cc([N+](=O)[O-])cc(C=N[C@@H]2CCCC[C@H]2N=Cc2cc([N+](=O)[O-])cc(C(C)(C)C)c2O)c1O. The van der Waals surface area contributed by atoms with Crippen molar-refractivity contribution in [2.45, 2.75) is 90.1 Å². The third-order valence-corrected chi connectivity index (χ3v) is 6.79. The zero-order valence-corrected chi connectivity index (χ0v) is 22.8. The molecule has 0 aromatic heterocycles. The molecule has 2 atom stereocenters. The molecule has 1 saturated carbocycles. The van der Waals surface area contributed by atoms with E-state index in [1.54, 1.807) is 0 Å². The molecule has 0 aliphatic heterocycles. The van der Waals surface area contributed by atoms with Gasteiger partial charge >= 0.3 is 0 Å². The summed E-state index contributed by atoms with van der Waals surface area (Å²) in [6.45, 7) is 11.2. The lowest BCUT2D eigenvalue weighted by Gasteiger charge is -2.26. The highest BCUT2D eigenvalue weighted by Gasteiger charge is 2.27. The Morgan fingerprint density at radius 2 is 1.08 bits per heavy atom. The minimum Gasteiger partial charge on any atom is -0.507 e. The average Bonchev–Trinajstić information content (AvgIpc) is 2.81. The molecule has 1 fully saturated rings. The molecule has 1 aliphatic carbocycles. The summed E-state index contributed by atoms with van der Waals surface area (Å²) in [7, 11) is 0. The van der Waals surface area contributed by atoms with Crippen LogP contribution in [0.5, 0.6) is 11.5 Å². The van der Waals surface area contributed by atoms with Crippen LogP contribution < -0.4 is 0 Å². The Labute approximate surface area is 222 Å². The normalized spacial score (nSPS) is 18.8. The van der Waals surface area contributed by atoms with Crippen LogP contribution in [-0.2, 0) is 10.8 Å². The van der Waals surface area contributed by atoms with Gasteiger partial charge in [0.05, 0.1) is 21.9 Å². The molecule has 0 heterocycles. The van der Waals surface area contributed by atoms with E-state index in [4.69, 9.17) is 0 Å². The number of phenols is 2. The predicted octanol–water partition coefficient (Wildman–Crippen LogP) is 6.36. The van der Waals surface area contributed by atoms with E-state index in [0.29, 0.717) is 11.1 Å². The van der Waals surface area contributed by atoms with Crippen LogP contribution in [-0.4, -0.2) is 44.6 Å². The molecule has 0 saturated heterocycles. The van der Waals surface area contributed by atoms with Crippen LogP contribution in [0.15, 0.2) is 34.3 Å². The van der Waals surface area contributed by atoms with Gasteiger partial charge in [-0.05, 0) is 23.7 Å². The van der Waals surface area contributed by atoms with Crippen molar-refractivity contribution in [2.75, 3.05) is 0 Å². The van der Waals surface area contributed by atoms with E-state index in [0.717, 1.165) is 25.7 Å². The van der Waals surface area contributed by atoms with Gasteiger partial charge in [0.25, 0.3) is 11.4 Å². The van der Waals surface area contributed by atoms with Crippen molar-refractivity contribution in [1.82, 2.24) is 0 Å². The Bertz CT molecular complexity index is 1190. The second-order valence-corrected chi connectivity index (χ2v) is 11.9. The number of aliphatic imine (C=N–C) groups is 2. The maximum absolute atomic E-state index is 11.5. The van der Waals surface area contributed by atoms with Gasteiger partial charge in [-0.25, -0.2) is 0 Å². The summed E-state index contributed by atoms with van der Waals surface area (Å²) in [5.41, 5.74) is 0.188. The van der Waals surface area contributed by atoms with Crippen LogP contribution in [0.1, 0.15) is 89.5 Å². The quantitative estimate of drug-likeness (QED) is 0.255. The number of hydrogen-bond donors (Lipinski definition) is 2. The van der Waals surface area contributed by atoms with E-state index in [1.165, 1.54) is 36.7 Å². The largest absolute Gasteiger partial charge is 0.507 e. The first-order valence-corrected chi connectivity index (χ1v) is 12.7. The maximum atomic E-state index is 11.5. The lowest BCUT2D eigenvalue weighted by Crippen LogP contribution is -2.27. The molecule has 2 aromatic rings. The number of nitro groups is 2. The van der Waals surface area contributed by atoms with E-state index in [1.807, 2.05) is 41.5 Å². The Morgan fingerprint density at radius 3 is 1.37 bits per heavy atom. The molecule has 0 unspecified atom stereocenters. The molecule has 10 nitrogen and oxygen atoms in total. The smallest absolute Gasteiger partial charge is 0.270 e. The molecule has 1 aliphatic rings. The van der Waals surface area contributed by atoms with Crippen molar-refractivity contribution in [3.63, 3.8) is 0 Å². The molecule has 2 aromatic carbocycles. The van der Waals surface area contributed by atoms with E-state index in [2.05, 4.69) is 9.98 Å². The minimum absolute atomic E-state index is 0.0427. The number of aromatic hydroxyl groups is 2. The molecule has 10 heteroatoms. The van der Waals surface area contributed by atoms with Crippen molar-refractivity contribution in [3.8, 4) is 11.5 Å². The van der Waals surface area contributed by atoms with Crippen molar-refractivity contribution in [2.24, 2.45) is 9.98 Å². The second-order valence-electron chi connectivity index (χ2n) is 11.9. The first kappa shape index (κ1) is 28.7. The summed E-state index contributed by atoms with van der Waals surface area (Å²) in [5, 5.41) is 44.7. The Balaban J connectivity index is 1.97. The fourth-order valence-corrected chi connectivity index (χ4v) is 4.62. The van der Waals surface area contributed by atoms with E-state index < -0.39 is 20.7 Å². The van der Waals surface area contributed by atoms with Gasteiger partial charge in [0.1, 0.15) is 11.5 Å². The summed E-state index contributed by atoms with van der Waals surface area (Å²) in [6, 6.07) is 4.89. The number of nitro benzene ring substituents is 2. The number of rotatable bonds is 6. The van der Waals surface area contributed by atoms with E-state index in [-0.39, 0.29) is 46.1 Å². The third-order valence-electron chi connectivity index (χ3n) is 6.79. The molecular formula is C28H36N4O6. The van der Waals surface area contributed by atoms with Crippen molar-refractivity contribution in [3.05, 3.63) is 66.7 Å². The van der Waals surface area contributed by atoms with Gasteiger partial charge in [0.2, 0.25) is 0 Å². The summed E-state index contributed by atoms with van der Waals surface area (Å²) in [4.78, 5) is 31.3. The molecule has 2 N–H and O–H groups in total. The molecule has 38 heavy (non-hydrogen) atoms. The molecule has 3 rings (SSSR count). The van der Waals surface area contributed by atoms with Gasteiger partial charge < -0.3 is 10.2 Å². The van der Waals surface area contributed by atoms with Crippen molar-refractivity contribution < 1.29 is 20.1 Å². The van der Waals surface area contributed by atoms with Gasteiger partial charge in [-0.15, -0.1) is 0 Å². The highest BCUT2D eigenvalue weighted by atomic mass is 16.6. The Morgan fingerprint density at radius 1 is 0.737 bits per heavy atom. The number of phenolic OH excluding ortho intramolecular Hbond substituents is 2. The minimum atomic E-state index is -0.511. The standard InChI is InChI=1S/C28H36N4O6/c1-27(2,3)21-13-19(31(35)36)11-17(25(21)33)15-29-23-9-7-8-10-24(23)30-16-18-12-20(32(37)38)14-22(26(18)34)28(4,5)6/h11-16,23-24,33-34H,7-10H2,1-6H3/t23-,24-/m1/s1. The number of hydrogen-bond acceptors (Lipinski definition) is 8. The summed E-state index contributed by atoms with van der Waals surface area (Å²) in [5.74, 6) is -0.0853. The molecular weight excluding hydrogens is 488 g/mol. The zero-order valence-electron chi connectivity index (χ0n) is 22.8. The topological polar surface area (TPSA) is 151 Å². The van der Waals surface area contributed by atoms with Crippen LogP contribution >= 0.6 is 0 Å². The van der Waals surface area contributed by atoms with Gasteiger partial charge in [0.15, 0.2) is 0 Å². The zero-order chi connectivity index (χ0) is 28.4. The van der Waals surface area contributed by atoms with Crippen LogP contribution in [0.25, 0.3) is 0 Å². The predicted molar refractivity (Wildman–Crippen MR) is 148 cm³/mol. The van der Waals surface area contributed by atoms with E-state index in [9.17, 15) is 30.4 Å². The van der Waals surface area contributed by atoms with Crippen molar-refractivity contribution in [1.29, 1.82) is 0 Å². The third kappa shape index (κ3) is 6.54. The van der Waals surface area contributed by atoms with E-state index >= 15 is 0 Å². The first-order chi connectivity index (χ1) is 17.6. The highest BCUT2D eigenvalue weighted by Crippen LogP contribution is 2.37. The molecule has 0 bridgehead atoms. The van der Waals surface area contributed by atoms with Crippen LogP contribution in [0, 0.1) is 20.2 Å². The molecule has 0 spiro atoms. The fraction of sp³-hybridized carbons (Fsp3) is 0.500. The lowest BCUT2D eigenvalue weighted by atomic mass is 9.84.